The molecule has 6 nitrogen and oxygen atoms in total. The van der Waals surface area contributed by atoms with Gasteiger partial charge in [0.25, 0.3) is 5.91 Å². The van der Waals surface area contributed by atoms with Gasteiger partial charge in [0.15, 0.2) is 0 Å². The Hall–Kier alpha value is -3.59. The zero-order chi connectivity index (χ0) is 17.5. The van der Waals surface area contributed by atoms with Crippen molar-refractivity contribution in [1.82, 2.24) is 0 Å². The van der Waals surface area contributed by atoms with Crippen LogP contribution in [0.5, 0.6) is 5.75 Å². The second-order valence-corrected chi connectivity index (χ2v) is 4.96. The van der Waals surface area contributed by atoms with Crippen molar-refractivity contribution >= 4 is 23.6 Å². The summed E-state index contributed by atoms with van der Waals surface area (Å²) < 4.78 is 0. The number of rotatable bonds is 5. The van der Waals surface area contributed by atoms with Crippen LogP contribution in [0.1, 0.15) is 11.1 Å². The van der Waals surface area contributed by atoms with E-state index in [1.54, 1.807) is 24.3 Å². The van der Waals surface area contributed by atoms with Crippen molar-refractivity contribution in [3.05, 3.63) is 65.2 Å². The first kappa shape index (κ1) is 16.8. The molecule has 0 radical (unpaired) electrons. The smallest absolute Gasteiger partial charge is 0.307 e. The van der Waals surface area contributed by atoms with Crippen LogP contribution in [0.3, 0.4) is 0 Å². The third-order valence-corrected chi connectivity index (χ3v) is 3.14. The van der Waals surface area contributed by atoms with Crippen LogP contribution in [0.2, 0.25) is 0 Å². The molecule has 0 saturated carbocycles. The highest BCUT2D eigenvalue weighted by molar-refractivity contribution is 6.10. The molecular formula is C18H14N2O4. The Morgan fingerprint density at radius 3 is 2.50 bits per heavy atom. The summed E-state index contributed by atoms with van der Waals surface area (Å²) in [6.45, 7) is 0. The molecule has 0 aliphatic heterocycles. The Kier molecular flexibility index (Phi) is 5.32. The molecule has 0 aromatic heterocycles. The summed E-state index contributed by atoms with van der Waals surface area (Å²) in [5, 5.41) is 30.2. The molecule has 0 heterocycles. The van der Waals surface area contributed by atoms with E-state index in [2.05, 4.69) is 5.32 Å². The number of nitriles is 1. The number of amides is 1. The van der Waals surface area contributed by atoms with Gasteiger partial charge in [-0.1, -0.05) is 36.4 Å². The van der Waals surface area contributed by atoms with Gasteiger partial charge in [0.1, 0.15) is 17.4 Å². The van der Waals surface area contributed by atoms with Crippen LogP contribution in [-0.2, 0) is 16.0 Å². The summed E-state index contributed by atoms with van der Waals surface area (Å²) in [6.07, 6.45) is 1.18. The largest absolute Gasteiger partial charge is 0.506 e. The first-order chi connectivity index (χ1) is 11.5. The van der Waals surface area contributed by atoms with E-state index in [9.17, 15) is 14.7 Å². The van der Waals surface area contributed by atoms with Crippen LogP contribution < -0.4 is 5.32 Å². The van der Waals surface area contributed by atoms with E-state index in [1.165, 1.54) is 24.3 Å². The molecule has 0 unspecified atom stereocenters. The topological polar surface area (TPSA) is 110 Å². The maximum atomic E-state index is 12.2. The molecule has 0 bridgehead atoms. The van der Waals surface area contributed by atoms with Gasteiger partial charge in [0.05, 0.1) is 12.1 Å². The van der Waals surface area contributed by atoms with Gasteiger partial charge in [0, 0.05) is 0 Å². The van der Waals surface area contributed by atoms with Gasteiger partial charge < -0.3 is 15.5 Å². The molecule has 0 aliphatic carbocycles. The van der Waals surface area contributed by atoms with Gasteiger partial charge in [-0.05, 0) is 29.3 Å². The highest BCUT2D eigenvalue weighted by Crippen LogP contribution is 2.25. The normalized spacial score (nSPS) is 10.7. The lowest BCUT2D eigenvalue weighted by molar-refractivity contribution is -0.136. The average Bonchev–Trinajstić information content (AvgIpc) is 2.56. The monoisotopic (exact) mass is 322 g/mol. The molecule has 24 heavy (non-hydrogen) atoms. The molecule has 0 saturated heterocycles. The van der Waals surface area contributed by atoms with Crippen LogP contribution in [-0.4, -0.2) is 22.1 Å². The van der Waals surface area contributed by atoms with Gasteiger partial charge in [-0.25, -0.2) is 0 Å². The number of aromatic hydroxyl groups is 1. The van der Waals surface area contributed by atoms with Crippen molar-refractivity contribution in [2.75, 3.05) is 5.32 Å². The average molecular weight is 322 g/mol. The van der Waals surface area contributed by atoms with Crippen molar-refractivity contribution in [2.24, 2.45) is 0 Å². The van der Waals surface area contributed by atoms with E-state index in [1.807, 2.05) is 12.1 Å². The molecular weight excluding hydrogens is 308 g/mol. The Bertz CT molecular complexity index is 836. The van der Waals surface area contributed by atoms with Gasteiger partial charge in [-0.2, -0.15) is 5.26 Å². The van der Waals surface area contributed by atoms with Gasteiger partial charge >= 0.3 is 5.97 Å². The van der Waals surface area contributed by atoms with Gasteiger partial charge in [-0.3, -0.25) is 9.59 Å². The molecule has 3 N–H and O–H groups in total. The molecule has 2 aromatic carbocycles. The summed E-state index contributed by atoms with van der Waals surface area (Å²) in [5.41, 5.74) is 1.02. The van der Waals surface area contributed by atoms with Crippen molar-refractivity contribution in [3.8, 4) is 11.8 Å². The van der Waals surface area contributed by atoms with Crippen LogP contribution in [0.4, 0.5) is 5.69 Å². The number of carboxylic acid groups (broad SMARTS) is 1. The first-order valence-electron chi connectivity index (χ1n) is 7.01. The molecule has 120 valence electrons. The summed E-state index contributed by atoms with van der Waals surface area (Å²) >= 11 is 0. The third-order valence-electron chi connectivity index (χ3n) is 3.14. The van der Waals surface area contributed by atoms with E-state index < -0.39 is 11.9 Å². The molecule has 2 aromatic rings. The quantitative estimate of drug-likeness (QED) is 0.445. The third kappa shape index (κ3) is 4.45. The lowest BCUT2D eigenvalue weighted by Crippen LogP contribution is -2.14. The Balaban J connectivity index is 2.23. The fraction of sp³-hybridized carbons (Fsp3) is 0.0556. The molecule has 0 aliphatic rings. The molecule has 1 amide bonds. The summed E-state index contributed by atoms with van der Waals surface area (Å²) in [6, 6.07) is 14.8. The summed E-state index contributed by atoms with van der Waals surface area (Å²) in [4.78, 5) is 22.9. The molecule has 6 heteroatoms. The molecule has 0 atom stereocenters. The van der Waals surface area contributed by atoms with E-state index in [0.717, 1.165) is 0 Å². The van der Waals surface area contributed by atoms with Crippen LogP contribution in [0.15, 0.2) is 54.1 Å². The zero-order valence-corrected chi connectivity index (χ0v) is 12.6. The van der Waals surface area contributed by atoms with E-state index >= 15 is 0 Å². The van der Waals surface area contributed by atoms with Gasteiger partial charge in [0.2, 0.25) is 0 Å². The number of phenols is 1. The van der Waals surface area contributed by atoms with Crippen molar-refractivity contribution in [3.63, 3.8) is 0 Å². The fourth-order valence-corrected chi connectivity index (χ4v) is 2.02. The highest BCUT2D eigenvalue weighted by atomic mass is 16.4. The lowest BCUT2D eigenvalue weighted by atomic mass is 10.1. The molecule has 0 spiro atoms. The Labute approximate surface area is 138 Å². The minimum absolute atomic E-state index is 0.0490. The summed E-state index contributed by atoms with van der Waals surface area (Å²) in [5.74, 6) is -1.93. The number of carbonyl (C=O) groups is 2. The van der Waals surface area contributed by atoms with Crippen LogP contribution >= 0.6 is 0 Å². The molecule has 0 fully saturated rings. The maximum Gasteiger partial charge on any atom is 0.307 e. The number of nitrogens with zero attached hydrogens (tertiary/aromatic N) is 1. The number of aliphatic carboxylic acids is 1. The maximum absolute atomic E-state index is 12.2. The van der Waals surface area contributed by atoms with Gasteiger partial charge in [-0.15, -0.1) is 0 Å². The van der Waals surface area contributed by atoms with Crippen molar-refractivity contribution in [2.45, 2.75) is 6.42 Å². The predicted molar refractivity (Wildman–Crippen MR) is 88.1 cm³/mol. The number of benzene rings is 2. The van der Waals surface area contributed by atoms with E-state index in [-0.39, 0.29) is 23.4 Å². The highest BCUT2D eigenvalue weighted by Gasteiger charge is 2.13. The summed E-state index contributed by atoms with van der Waals surface area (Å²) in [7, 11) is 0. The SMILES string of the molecule is N#C/C(=C\c1ccccc1)C(=O)Nc1cc(CC(=O)O)ccc1O. The zero-order valence-electron chi connectivity index (χ0n) is 12.6. The minimum atomic E-state index is -1.03. The number of hydrogen-bond acceptors (Lipinski definition) is 4. The van der Waals surface area contributed by atoms with Crippen molar-refractivity contribution in [1.29, 1.82) is 5.26 Å². The minimum Gasteiger partial charge on any atom is -0.506 e. The number of hydrogen-bond donors (Lipinski definition) is 3. The predicted octanol–water partition coefficient (Wildman–Crippen LogP) is 2.56. The second kappa shape index (κ2) is 7.61. The Morgan fingerprint density at radius 2 is 1.88 bits per heavy atom. The standard InChI is InChI=1S/C18H14N2O4/c19-11-14(8-12-4-2-1-3-5-12)18(24)20-15-9-13(10-17(22)23)6-7-16(15)21/h1-9,21H,10H2,(H,20,24)(H,22,23)/b14-8+. The van der Waals surface area contributed by atoms with Crippen LogP contribution in [0, 0.1) is 11.3 Å². The fourth-order valence-electron chi connectivity index (χ4n) is 2.02. The van der Waals surface area contributed by atoms with E-state index in [4.69, 9.17) is 10.4 Å². The van der Waals surface area contributed by atoms with Crippen LogP contribution in [0.25, 0.3) is 6.08 Å². The number of carbonyl (C=O) groups excluding carboxylic acids is 1. The molecule has 2 rings (SSSR count). The second-order valence-electron chi connectivity index (χ2n) is 4.96. The van der Waals surface area contributed by atoms with E-state index in [0.29, 0.717) is 11.1 Å². The number of anilines is 1. The first-order valence-corrected chi connectivity index (χ1v) is 7.01. The number of phenolic OH excluding ortho intramolecular Hbond substituents is 1. The lowest BCUT2D eigenvalue weighted by Gasteiger charge is -2.08. The number of carboxylic acids is 1. The number of nitrogens with one attached hydrogen (secondary N) is 1. The Morgan fingerprint density at radius 1 is 1.17 bits per heavy atom. The van der Waals surface area contributed by atoms with Crippen molar-refractivity contribution < 1.29 is 19.8 Å².